The van der Waals surface area contributed by atoms with Gasteiger partial charge in [-0.15, -0.1) is 11.3 Å². The van der Waals surface area contributed by atoms with Crippen LogP contribution >= 0.6 is 38.9 Å². The van der Waals surface area contributed by atoms with Crippen LogP contribution in [0.4, 0.5) is 5.69 Å². The molecule has 0 fully saturated rings. The van der Waals surface area contributed by atoms with Crippen molar-refractivity contribution in [1.82, 2.24) is 0 Å². The number of anilines is 1. The number of nitrogens with zero attached hydrogens (tertiary/aromatic N) is 1. The molecule has 0 spiro atoms. The molecule has 1 heterocycles. The van der Waals surface area contributed by atoms with E-state index in [1.54, 1.807) is 18.2 Å². The second kappa shape index (κ2) is 6.35. The van der Waals surface area contributed by atoms with E-state index >= 15 is 0 Å². The molecule has 5 nitrogen and oxygen atoms in total. The van der Waals surface area contributed by atoms with Gasteiger partial charge in [0.05, 0.1) is 14.5 Å². The predicted molar refractivity (Wildman–Crippen MR) is 85.6 cm³/mol. The van der Waals surface area contributed by atoms with Gasteiger partial charge in [0.2, 0.25) is 0 Å². The molecule has 1 N–H and O–H groups in total. The van der Waals surface area contributed by atoms with Crippen molar-refractivity contribution in [3.63, 3.8) is 0 Å². The average molecular weight is 411 g/mol. The standard InChI is InChI=1S/C12H9BrClNO4S2/c13-12-9(14)6-11(20-12)21(18,19)15(7-10(16)17)8-4-2-1-3-5-8/h1-6H,7H2,(H,16,17). The maximum absolute atomic E-state index is 12.6. The summed E-state index contributed by atoms with van der Waals surface area (Å²) in [5.74, 6) is -1.25. The number of halogens is 2. The Morgan fingerprint density at radius 3 is 2.43 bits per heavy atom. The zero-order valence-corrected chi connectivity index (χ0v) is 14.3. The highest BCUT2D eigenvalue weighted by Gasteiger charge is 2.29. The molecule has 21 heavy (non-hydrogen) atoms. The molecular formula is C12H9BrClNO4S2. The largest absolute Gasteiger partial charge is 0.480 e. The molecule has 2 rings (SSSR count). The Labute approximate surface area is 139 Å². The van der Waals surface area contributed by atoms with Gasteiger partial charge >= 0.3 is 5.97 Å². The number of rotatable bonds is 5. The summed E-state index contributed by atoms with van der Waals surface area (Å²) in [7, 11) is -3.99. The lowest BCUT2D eigenvalue weighted by molar-refractivity contribution is -0.135. The summed E-state index contributed by atoms with van der Waals surface area (Å²) in [4.78, 5) is 11.0. The number of carbonyl (C=O) groups is 1. The minimum Gasteiger partial charge on any atom is -0.480 e. The molecular weight excluding hydrogens is 402 g/mol. The number of benzene rings is 1. The van der Waals surface area contributed by atoms with Gasteiger partial charge < -0.3 is 5.11 Å². The van der Waals surface area contributed by atoms with Gasteiger partial charge in [-0.3, -0.25) is 9.10 Å². The van der Waals surface area contributed by atoms with Crippen molar-refractivity contribution in [1.29, 1.82) is 0 Å². The van der Waals surface area contributed by atoms with Gasteiger partial charge in [0.1, 0.15) is 10.8 Å². The first-order chi connectivity index (χ1) is 9.82. The highest BCUT2D eigenvalue weighted by Crippen LogP contribution is 2.36. The number of carboxylic acid groups (broad SMARTS) is 1. The van der Waals surface area contributed by atoms with Gasteiger partial charge in [-0.25, -0.2) is 8.42 Å². The highest BCUT2D eigenvalue weighted by atomic mass is 79.9. The Bertz CT molecular complexity index is 741. The number of thiophene rings is 1. The molecule has 0 bridgehead atoms. The van der Waals surface area contributed by atoms with E-state index in [4.69, 9.17) is 16.7 Å². The molecule has 112 valence electrons. The summed E-state index contributed by atoms with van der Waals surface area (Å²) in [6.45, 7) is -0.667. The van der Waals surface area contributed by atoms with E-state index in [0.717, 1.165) is 15.6 Å². The smallest absolute Gasteiger partial charge is 0.324 e. The van der Waals surface area contributed by atoms with Crippen molar-refractivity contribution in [2.45, 2.75) is 4.21 Å². The van der Waals surface area contributed by atoms with Crippen molar-refractivity contribution in [3.05, 3.63) is 45.2 Å². The molecule has 1 aromatic carbocycles. The van der Waals surface area contributed by atoms with E-state index in [1.165, 1.54) is 18.2 Å². The number of sulfonamides is 1. The van der Waals surface area contributed by atoms with Gasteiger partial charge in [0, 0.05) is 0 Å². The maximum atomic E-state index is 12.6. The first-order valence-corrected chi connectivity index (χ1v) is 8.99. The van der Waals surface area contributed by atoms with Crippen LogP contribution in [0.1, 0.15) is 0 Å². The van der Waals surface area contributed by atoms with Crippen LogP contribution in [0.2, 0.25) is 5.02 Å². The third-order valence-corrected chi connectivity index (χ3v) is 7.19. The Balaban J connectivity index is 2.52. The molecule has 0 saturated carbocycles. The van der Waals surface area contributed by atoms with Crippen LogP contribution in [-0.2, 0) is 14.8 Å². The highest BCUT2D eigenvalue weighted by molar-refractivity contribution is 9.11. The number of hydrogen-bond donors (Lipinski definition) is 1. The molecule has 9 heteroatoms. The third kappa shape index (κ3) is 3.57. The lowest BCUT2D eigenvalue weighted by Crippen LogP contribution is -2.35. The second-order valence-electron chi connectivity index (χ2n) is 3.93. The Morgan fingerprint density at radius 2 is 1.95 bits per heavy atom. The zero-order chi connectivity index (χ0) is 15.6. The van der Waals surface area contributed by atoms with Crippen LogP contribution in [-0.4, -0.2) is 26.0 Å². The minimum absolute atomic E-state index is 0.0236. The SMILES string of the molecule is O=C(O)CN(c1ccccc1)S(=O)(=O)c1cc(Cl)c(Br)s1. The van der Waals surface area contributed by atoms with E-state index in [0.29, 0.717) is 3.79 Å². The predicted octanol–water partition coefficient (Wildman–Crippen LogP) is 3.44. The number of carboxylic acids is 1. The number of aliphatic carboxylic acids is 1. The topological polar surface area (TPSA) is 74.7 Å². The van der Waals surface area contributed by atoms with Crippen LogP contribution < -0.4 is 4.31 Å². The zero-order valence-electron chi connectivity index (χ0n) is 10.4. The van der Waals surface area contributed by atoms with E-state index in [9.17, 15) is 13.2 Å². The Hall–Kier alpha value is -1.09. The number of hydrogen-bond acceptors (Lipinski definition) is 4. The van der Waals surface area contributed by atoms with Crippen LogP contribution in [0, 0.1) is 0 Å². The molecule has 1 aromatic heterocycles. The molecule has 0 aliphatic heterocycles. The number of para-hydroxylation sites is 1. The maximum Gasteiger partial charge on any atom is 0.324 e. The minimum atomic E-state index is -3.99. The second-order valence-corrected chi connectivity index (χ2v) is 8.79. The molecule has 2 aromatic rings. The summed E-state index contributed by atoms with van der Waals surface area (Å²) in [5.41, 5.74) is 0.278. The van der Waals surface area contributed by atoms with E-state index < -0.39 is 22.5 Å². The summed E-state index contributed by atoms with van der Waals surface area (Å²) in [6.07, 6.45) is 0. The Morgan fingerprint density at radius 1 is 1.33 bits per heavy atom. The normalized spacial score (nSPS) is 11.3. The summed E-state index contributed by atoms with van der Waals surface area (Å²) in [6, 6.07) is 9.35. The van der Waals surface area contributed by atoms with Crippen LogP contribution in [0.5, 0.6) is 0 Å². The van der Waals surface area contributed by atoms with Crippen molar-refractivity contribution in [2.24, 2.45) is 0 Å². The molecule has 0 aliphatic carbocycles. The van der Waals surface area contributed by atoms with Gasteiger partial charge in [0.15, 0.2) is 0 Å². The van der Waals surface area contributed by atoms with Gasteiger partial charge in [-0.05, 0) is 34.1 Å². The first-order valence-electron chi connectivity index (χ1n) is 5.57. The summed E-state index contributed by atoms with van der Waals surface area (Å²) < 4.78 is 26.5. The summed E-state index contributed by atoms with van der Waals surface area (Å²) in [5, 5.41) is 9.24. The molecule has 0 unspecified atom stereocenters. The van der Waals surface area contributed by atoms with E-state index in [1.807, 2.05) is 0 Å². The fourth-order valence-electron chi connectivity index (χ4n) is 1.59. The molecule has 0 aliphatic rings. The summed E-state index contributed by atoms with van der Waals surface area (Å²) >= 11 is 9.94. The fraction of sp³-hybridized carbons (Fsp3) is 0.0833. The van der Waals surface area contributed by atoms with Gasteiger partial charge in [-0.1, -0.05) is 29.8 Å². The molecule has 0 amide bonds. The van der Waals surface area contributed by atoms with Crippen LogP contribution in [0.3, 0.4) is 0 Å². The quantitative estimate of drug-likeness (QED) is 0.819. The monoisotopic (exact) mass is 409 g/mol. The Kier molecular flexibility index (Phi) is 4.92. The van der Waals surface area contributed by atoms with Crippen molar-refractivity contribution < 1.29 is 18.3 Å². The van der Waals surface area contributed by atoms with Crippen molar-refractivity contribution in [3.8, 4) is 0 Å². The molecule has 0 atom stereocenters. The molecule has 0 radical (unpaired) electrons. The van der Waals surface area contributed by atoms with E-state index in [-0.39, 0.29) is 14.9 Å². The van der Waals surface area contributed by atoms with Crippen molar-refractivity contribution in [2.75, 3.05) is 10.8 Å². The lowest BCUT2D eigenvalue weighted by atomic mass is 10.3. The molecule has 0 saturated heterocycles. The first kappa shape index (κ1) is 16.3. The van der Waals surface area contributed by atoms with Gasteiger partial charge in [0.25, 0.3) is 10.0 Å². The average Bonchev–Trinajstić information content (AvgIpc) is 2.77. The third-order valence-electron chi connectivity index (χ3n) is 2.49. The van der Waals surface area contributed by atoms with Crippen LogP contribution in [0.15, 0.2) is 44.4 Å². The van der Waals surface area contributed by atoms with Crippen LogP contribution in [0.25, 0.3) is 0 Å². The lowest BCUT2D eigenvalue weighted by Gasteiger charge is -2.21. The van der Waals surface area contributed by atoms with Gasteiger partial charge in [-0.2, -0.15) is 0 Å². The van der Waals surface area contributed by atoms with E-state index in [2.05, 4.69) is 15.9 Å². The fourth-order valence-corrected chi connectivity index (χ4v) is 5.52. The van der Waals surface area contributed by atoms with Crippen molar-refractivity contribution >= 4 is 60.5 Å².